The summed E-state index contributed by atoms with van der Waals surface area (Å²) in [4.78, 5) is 6.84. The zero-order valence-corrected chi connectivity index (χ0v) is 9.82. The minimum absolute atomic E-state index is 0.615. The van der Waals surface area contributed by atoms with Crippen molar-refractivity contribution in [2.45, 2.75) is 38.3 Å². The first-order chi connectivity index (χ1) is 7.81. The second-order valence-corrected chi connectivity index (χ2v) is 5.11. The molecule has 1 aromatic rings. The van der Waals surface area contributed by atoms with Crippen molar-refractivity contribution < 1.29 is 0 Å². The van der Waals surface area contributed by atoms with Gasteiger partial charge < -0.3 is 5.32 Å². The highest BCUT2D eigenvalue weighted by Gasteiger charge is 2.34. The molecule has 1 aliphatic heterocycles. The van der Waals surface area contributed by atoms with Crippen molar-refractivity contribution in [2.75, 3.05) is 18.4 Å². The maximum absolute atomic E-state index is 4.22. The number of hydrogen-bond donors (Lipinski definition) is 1. The molecule has 0 aromatic carbocycles. The smallest absolute Gasteiger partial charge is 0.0531 e. The molecule has 1 saturated heterocycles. The summed E-state index contributed by atoms with van der Waals surface area (Å²) < 4.78 is 0. The van der Waals surface area contributed by atoms with Crippen LogP contribution in [0.2, 0.25) is 0 Å². The summed E-state index contributed by atoms with van der Waals surface area (Å²) in [5, 5.41) is 3.59. The molecule has 1 unspecified atom stereocenters. The molecule has 1 saturated carbocycles. The number of likely N-dealkylation sites (tertiary alicyclic amines) is 1. The maximum Gasteiger partial charge on any atom is 0.0531 e. The van der Waals surface area contributed by atoms with Gasteiger partial charge in [-0.15, -0.1) is 0 Å². The van der Waals surface area contributed by atoms with Crippen LogP contribution in [0.5, 0.6) is 0 Å². The molecule has 0 spiro atoms. The van der Waals surface area contributed by atoms with Crippen LogP contribution in [0.15, 0.2) is 18.5 Å². The second-order valence-electron chi connectivity index (χ2n) is 5.11. The first kappa shape index (κ1) is 10.1. The van der Waals surface area contributed by atoms with E-state index in [1.807, 2.05) is 12.4 Å². The fourth-order valence-electron chi connectivity index (χ4n) is 2.55. The molecule has 0 amide bonds. The average molecular weight is 217 g/mol. The van der Waals surface area contributed by atoms with E-state index in [2.05, 4.69) is 28.2 Å². The van der Waals surface area contributed by atoms with Gasteiger partial charge in [0.1, 0.15) is 0 Å². The molecular formula is C13H19N3. The molecule has 1 atom stereocenters. The summed E-state index contributed by atoms with van der Waals surface area (Å²) in [7, 11) is 0. The van der Waals surface area contributed by atoms with E-state index in [4.69, 9.17) is 0 Å². The molecule has 16 heavy (non-hydrogen) atoms. The van der Waals surface area contributed by atoms with Crippen molar-refractivity contribution in [1.29, 1.82) is 0 Å². The molecule has 2 fully saturated rings. The van der Waals surface area contributed by atoms with Crippen molar-refractivity contribution in [2.24, 2.45) is 0 Å². The van der Waals surface area contributed by atoms with Gasteiger partial charge in [-0.2, -0.15) is 0 Å². The molecule has 2 aliphatic rings. The van der Waals surface area contributed by atoms with E-state index in [1.54, 1.807) is 0 Å². The van der Waals surface area contributed by atoms with Gasteiger partial charge in [0.15, 0.2) is 0 Å². The predicted octanol–water partition coefficient (Wildman–Crippen LogP) is 2.04. The van der Waals surface area contributed by atoms with Crippen LogP contribution in [0.25, 0.3) is 0 Å². The molecule has 1 aliphatic carbocycles. The van der Waals surface area contributed by atoms with Gasteiger partial charge in [0.25, 0.3) is 0 Å². The normalized spacial score (nSPS) is 25.9. The van der Waals surface area contributed by atoms with Crippen LogP contribution in [0, 0.1) is 6.92 Å². The van der Waals surface area contributed by atoms with E-state index >= 15 is 0 Å². The minimum Gasteiger partial charge on any atom is -0.380 e. The lowest BCUT2D eigenvalue weighted by atomic mass is 10.2. The largest absolute Gasteiger partial charge is 0.380 e. The Labute approximate surface area is 96.9 Å². The number of aromatic nitrogens is 1. The van der Waals surface area contributed by atoms with Crippen molar-refractivity contribution in [1.82, 2.24) is 9.88 Å². The SMILES string of the molecule is Cc1cncc(NC2CCN(C3CC3)C2)c1. The molecule has 3 heteroatoms. The van der Waals surface area contributed by atoms with Gasteiger partial charge >= 0.3 is 0 Å². The first-order valence-corrected chi connectivity index (χ1v) is 6.23. The Morgan fingerprint density at radius 1 is 1.31 bits per heavy atom. The van der Waals surface area contributed by atoms with E-state index in [0.29, 0.717) is 6.04 Å². The molecule has 0 bridgehead atoms. The number of aryl methyl sites for hydroxylation is 1. The van der Waals surface area contributed by atoms with Crippen LogP contribution in [-0.2, 0) is 0 Å². The topological polar surface area (TPSA) is 28.2 Å². The monoisotopic (exact) mass is 217 g/mol. The Morgan fingerprint density at radius 2 is 2.19 bits per heavy atom. The zero-order chi connectivity index (χ0) is 11.0. The molecule has 0 radical (unpaired) electrons. The Bertz CT molecular complexity index is 373. The van der Waals surface area contributed by atoms with Crippen molar-refractivity contribution >= 4 is 5.69 Å². The van der Waals surface area contributed by atoms with Crippen molar-refractivity contribution in [3.05, 3.63) is 24.0 Å². The zero-order valence-electron chi connectivity index (χ0n) is 9.82. The summed E-state index contributed by atoms with van der Waals surface area (Å²) in [6, 6.07) is 3.69. The van der Waals surface area contributed by atoms with Gasteiger partial charge in [-0.3, -0.25) is 9.88 Å². The van der Waals surface area contributed by atoms with Gasteiger partial charge in [0.2, 0.25) is 0 Å². The molecule has 86 valence electrons. The third-order valence-corrected chi connectivity index (χ3v) is 3.53. The predicted molar refractivity (Wildman–Crippen MR) is 65.6 cm³/mol. The Kier molecular flexibility index (Phi) is 2.56. The maximum atomic E-state index is 4.22. The van der Waals surface area contributed by atoms with Crippen LogP contribution >= 0.6 is 0 Å². The summed E-state index contributed by atoms with van der Waals surface area (Å²) in [6.07, 6.45) is 7.92. The first-order valence-electron chi connectivity index (χ1n) is 6.23. The number of pyridine rings is 1. The van der Waals surface area contributed by atoms with Gasteiger partial charge in [-0.25, -0.2) is 0 Å². The summed E-state index contributed by atoms with van der Waals surface area (Å²) >= 11 is 0. The molecule has 3 nitrogen and oxygen atoms in total. The van der Waals surface area contributed by atoms with Gasteiger partial charge in [0, 0.05) is 37.6 Å². The Balaban J connectivity index is 1.59. The molecule has 2 heterocycles. The quantitative estimate of drug-likeness (QED) is 0.839. The summed E-state index contributed by atoms with van der Waals surface area (Å²) in [5.74, 6) is 0. The number of anilines is 1. The third-order valence-electron chi connectivity index (χ3n) is 3.53. The third kappa shape index (κ3) is 2.19. The second kappa shape index (κ2) is 4.06. The van der Waals surface area contributed by atoms with Crippen LogP contribution in [0.4, 0.5) is 5.69 Å². The van der Waals surface area contributed by atoms with Crippen LogP contribution in [0.1, 0.15) is 24.8 Å². The van der Waals surface area contributed by atoms with E-state index in [0.717, 1.165) is 6.04 Å². The van der Waals surface area contributed by atoms with Gasteiger partial charge in [0.05, 0.1) is 5.69 Å². The van der Waals surface area contributed by atoms with Gasteiger partial charge in [-0.1, -0.05) is 0 Å². The van der Waals surface area contributed by atoms with Crippen molar-refractivity contribution in [3.8, 4) is 0 Å². The fraction of sp³-hybridized carbons (Fsp3) is 0.615. The number of nitrogens with one attached hydrogen (secondary N) is 1. The lowest BCUT2D eigenvalue weighted by molar-refractivity contribution is 0.326. The van der Waals surface area contributed by atoms with Crippen LogP contribution in [0.3, 0.4) is 0 Å². The Morgan fingerprint density at radius 3 is 2.94 bits per heavy atom. The molecule has 1 N–H and O–H groups in total. The minimum atomic E-state index is 0.615. The highest BCUT2D eigenvalue weighted by molar-refractivity contribution is 5.43. The lowest BCUT2D eigenvalue weighted by Gasteiger charge is -2.16. The lowest BCUT2D eigenvalue weighted by Crippen LogP contribution is -2.27. The molecule has 1 aromatic heterocycles. The summed E-state index contributed by atoms with van der Waals surface area (Å²) in [6.45, 7) is 4.56. The van der Waals surface area contributed by atoms with E-state index in [-0.39, 0.29) is 0 Å². The van der Waals surface area contributed by atoms with Crippen LogP contribution in [-0.4, -0.2) is 35.1 Å². The van der Waals surface area contributed by atoms with E-state index < -0.39 is 0 Å². The number of hydrogen-bond acceptors (Lipinski definition) is 3. The average Bonchev–Trinajstić information content (AvgIpc) is 3.01. The number of nitrogens with zero attached hydrogens (tertiary/aromatic N) is 2. The van der Waals surface area contributed by atoms with Crippen LogP contribution < -0.4 is 5.32 Å². The van der Waals surface area contributed by atoms with E-state index in [9.17, 15) is 0 Å². The molecule has 3 rings (SSSR count). The highest BCUT2D eigenvalue weighted by Crippen LogP contribution is 2.30. The number of rotatable bonds is 3. The van der Waals surface area contributed by atoms with Crippen molar-refractivity contribution in [3.63, 3.8) is 0 Å². The highest BCUT2D eigenvalue weighted by atomic mass is 15.2. The standard InChI is InChI=1S/C13H19N3/c1-10-6-12(8-14-7-10)15-11-4-5-16(9-11)13-2-3-13/h6-8,11,13,15H,2-5,9H2,1H3. The molecular weight excluding hydrogens is 198 g/mol. The fourth-order valence-corrected chi connectivity index (χ4v) is 2.55. The van der Waals surface area contributed by atoms with E-state index in [1.165, 1.54) is 43.6 Å². The Hall–Kier alpha value is -1.09. The summed E-state index contributed by atoms with van der Waals surface area (Å²) in [5.41, 5.74) is 2.39. The van der Waals surface area contributed by atoms with Gasteiger partial charge in [-0.05, 0) is 37.8 Å².